The summed E-state index contributed by atoms with van der Waals surface area (Å²) in [6, 6.07) is 13.4. The summed E-state index contributed by atoms with van der Waals surface area (Å²) in [6.07, 6.45) is 1.40. The predicted molar refractivity (Wildman–Crippen MR) is 108 cm³/mol. The van der Waals surface area contributed by atoms with Crippen molar-refractivity contribution in [2.75, 3.05) is 12.4 Å². The zero-order valence-electron chi connectivity index (χ0n) is 15.0. The van der Waals surface area contributed by atoms with Gasteiger partial charge in [-0.05, 0) is 18.2 Å². The van der Waals surface area contributed by atoms with E-state index < -0.39 is 6.04 Å². The van der Waals surface area contributed by atoms with E-state index in [9.17, 15) is 9.59 Å². The molecule has 8 nitrogen and oxygen atoms in total. The molecule has 9 heteroatoms. The third kappa shape index (κ3) is 4.86. The van der Waals surface area contributed by atoms with Crippen molar-refractivity contribution in [3.63, 3.8) is 0 Å². The summed E-state index contributed by atoms with van der Waals surface area (Å²) in [7, 11) is 1.51. The smallest absolute Gasteiger partial charge is 0.252 e. The zero-order valence-corrected chi connectivity index (χ0v) is 15.7. The molecule has 0 saturated heterocycles. The van der Waals surface area contributed by atoms with Gasteiger partial charge in [0.1, 0.15) is 11.8 Å². The minimum absolute atomic E-state index is 0.108. The molecule has 2 amide bonds. The second kappa shape index (κ2) is 9.01. The number of carbonyl (C=O) groups is 2. The molecule has 0 fully saturated rings. The minimum atomic E-state index is -0.840. The van der Waals surface area contributed by atoms with E-state index in [2.05, 4.69) is 26.2 Å². The van der Waals surface area contributed by atoms with Crippen LogP contribution in [0.25, 0.3) is 0 Å². The number of aliphatic imine (C=N–C) groups is 1. The van der Waals surface area contributed by atoms with Crippen LogP contribution in [0.2, 0.25) is 5.02 Å². The van der Waals surface area contributed by atoms with Gasteiger partial charge in [0.15, 0.2) is 0 Å². The Kier molecular flexibility index (Phi) is 6.23. The van der Waals surface area contributed by atoms with Gasteiger partial charge in [-0.15, -0.1) is 0 Å². The number of nitrogens with one attached hydrogen (secondary N) is 3. The maximum atomic E-state index is 12.2. The zero-order chi connectivity index (χ0) is 19.9. The molecule has 0 aliphatic carbocycles. The van der Waals surface area contributed by atoms with Crippen LogP contribution in [0, 0.1) is 0 Å². The first-order valence-electron chi connectivity index (χ1n) is 8.42. The molecule has 3 rings (SSSR count). The number of nitrogens with zero attached hydrogens (tertiary/aromatic N) is 2. The molecule has 0 bridgehead atoms. The fourth-order valence-electron chi connectivity index (χ4n) is 2.51. The Bertz CT molecular complexity index is 945. The average molecular weight is 400 g/mol. The van der Waals surface area contributed by atoms with Crippen LogP contribution >= 0.6 is 11.6 Å². The molecule has 1 aliphatic rings. The van der Waals surface area contributed by atoms with Crippen LogP contribution in [0.15, 0.2) is 58.6 Å². The van der Waals surface area contributed by atoms with Crippen molar-refractivity contribution < 1.29 is 14.3 Å². The number of benzene rings is 2. The largest absolute Gasteiger partial charge is 0.495 e. The Balaban J connectivity index is 1.57. The number of anilines is 1. The van der Waals surface area contributed by atoms with E-state index in [0.29, 0.717) is 22.0 Å². The Morgan fingerprint density at radius 1 is 1.29 bits per heavy atom. The first kappa shape index (κ1) is 19.4. The number of methoxy groups -OCH3 is 1. The summed E-state index contributed by atoms with van der Waals surface area (Å²) in [5.74, 6) is -0.0327. The van der Waals surface area contributed by atoms with Crippen molar-refractivity contribution in [2.24, 2.45) is 10.1 Å². The van der Waals surface area contributed by atoms with E-state index >= 15 is 0 Å². The summed E-state index contributed by atoms with van der Waals surface area (Å²) in [5, 5.41) is 9.81. The first-order chi connectivity index (χ1) is 13.6. The second-order valence-electron chi connectivity index (χ2n) is 5.83. The number of halogens is 1. The van der Waals surface area contributed by atoms with E-state index in [4.69, 9.17) is 16.3 Å². The number of hydrogen-bond donors (Lipinski definition) is 3. The van der Waals surface area contributed by atoms with Gasteiger partial charge in [-0.1, -0.05) is 41.9 Å². The molecule has 1 heterocycles. The van der Waals surface area contributed by atoms with Gasteiger partial charge in [0.25, 0.3) is 5.91 Å². The van der Waals surface area contributed by atoms with Crippen LogP contribution in [0.4, 0.5) is 5.69 Å². The van der Waals surface area contributed by atoms with Crippen LogP contribution in [0.1, 0.15) is 12.0 Å². The van der Waals surface area contributed by atoms with Crippen molar-refractivity contribution in [2.45, 2.75) is 12.5 Å². The number of ether oxygens (including phenoxy) is 1. The maximum Gasteiger partial charge on any atom is 0.252 e. The Morgan fingerprint density at radius 3 is 2.82 bits per heavy atom. The summed E-state index contributed by atoms with van der Waals surface area (Å²) >= 11 is 6.04. The Labute approximate surface area is 166 Å². The quantitative estimate of drug-likeness (QED) is 0.511. The molecule has 2 aromatic carbocycles. The van der Waals surface area contributed by atoms with Crippen LogP contribution in [-0.2, 0) is 9.59 Å². The van der Waals surface area contributed by atoms with Crippen LogP contribution in [0.3, 0.4) is 0 Å². The normalized spacial score (nSPS) is 15.9. The second-order valence-corrected chi connectivity index (χ2v) is 6.23. The van der Waals surface area contributed by atoms with E-state index in [0.717, 1.165) is 0 Å². The highest BCUT2D eigenvalue weighted by Crippen LogP contribution is 2.23. The molecule has 1 atom stereocenters. The molecule has 1 unspecified atom stereocenters. The van der Waals surface area contributed by atoms with Crippen molar-refractivity contribution in [3.8, 4) is 5.75 Å². The molecular formula is C19H18ClN5O3. The molecule has 0 saturated carbocycles. The van der Waals surface area contributed by atoms with Crippen molar-refractivity contribution >= 4 is 41.3 Å². The van der Waals surface area contributed by atoms with Gasteiger partial charge in [0.2, 0.25) is 11.9 Å². The molecule has 0 spiro atoms. The lowest BCUT2D eigenvalue weighted by molar-refractivity contribution is -0.123. The highest BCUT2D eigenvalue weighted by molar-refractivity contribution is 6.33. The van der Waals surface area contributed by atoms with Crippen LogP contribution in [-0.4, -0.2) is 37.1 Å². The van der Waals surface area contributed by atoms with Gasteiger partial charge in [-0.2, -0.15) is 5.10 Å². The van der Waals surface area contributed by atoms with Crippen molar-refractivity contribution in [1.82, 2.24) is 10.7 Å². The Morgan fingerprint density at radius 2 is 2.04 bits per heavy atom. The lowest BCUT2D eigenvalue weighted by atomic mass is 10.2. The fourth-order valence-corrected chi connectivity index (χ4v) is 2.69. The lowest BCUT2D eigenvalue weighted by Crippen LogP contribution is -2.35. The van der Waals surface area contributed by atoms with Gasteiger partial charge in [0, 0.05) is 10.6 Å². The maximum absolute atomic E-state index is 12.2. The van der Waals surface area contributed by atoms with Gasteiger partial charge < -0.3 is 10.1 Å². The summed E-state index contributed by atoms with van der Waals surface area (Å²) < 4.78 is 5.19. The molecule has 0 aromatic heterocycles. The highest BCUT2D eigenvalue weighted by atomic mass is 35.5. The number of hydrazone groups is 1. The van der Waals surface area contributed by atoms with Gasteiger partial charge in [-0.3, -0.25) is 14.9 Å². The minimum Gasteiger partial charge on any atom is -0.495 e. The first-order valence-corrected chi connectivity index (χ1v) is 8.80. The average Bonchev–Trinajstić information content (AvgIpc) is 3.03. The third-order valence-electron chi connectivity index (χ3n) is 3.87. The number of carbonyl (C=O) groups excluding carboxylic acids is 2. The predicted octanol–water partition coefficient (Wildman–Crippen LogP) is 2.16. The van der Waals surface area contributed by atoms with Gasteiger partial charge >= 0.3 is 0 Å². The molecular weight excluding hydrogens is 382 g/mol. The molecule has 3 N–H and O–H groups in total. The Hall–Kier alpha value is -3.39. The van der Waals surface area contributed by atoms with Gasteiger partial charge in [0.05, 0.1) is 25.4 Å². The van der Waals surface area contributed by atoms with E-state index in [-0.39, 0.29) is 24.2 Å². The summed E-state index contributed by atoms with van der Waals surface area (Å²) in [6.45, 7) is 0. The molecule has 144 valence electrons. The van der Waals surface area contributed by atoms with Crippen molar-refractivity contribution in [3.05, 3.63) is 59.1 Å². The van der Waals surface area contributed by atoms with Crippen LogP contribution < -0.4 is 20.8 Å². The topological polar surface area (TPSA) is 104 Å². The van der Waals surface area contributed by atoms with E-state index in [1.54, 1.807) is 36.4 Å². The molecule has 28 heavy (non-hydrogen) atoms. The molecule has 1 aliphatic heterocycles. The standard InChI is InChI=1S/C19H18ClN5O3/c1-28-16-9-5-4-8-14(16)22-17(26)10-15-18(27)24-19(23-15)25-21-11-12-6-2-3-7-13(12)20/h2-9,11,15H,10H2,1H3,(H,22,26)(H2,23,24,25,27)/b21-11+. The fraction of sp³-hybridized carbons (Fsp3) is 0.158. The van der Waals surface area contributed by atoms with E-state index in [1.807, 2.05) is 12.1 Å². The van der Waals surface area contributed by atoms with Gasteiger partial charge in [-0.25, -0.2) is 10.4 Å². The van der Waals surface area contributed by atoms with Crippen LogP contribution in [0.5, 0.6) is 5.75 Å². The SMILES string of the molecule is COc1ccccc1NC(=O)CC1N=C(N/N=C/c2ccccc2Cl)NC1=O. The monoisotopic (exact) mass is 399 g/mol. The third-order valence-corrected chi connectivity index (χ3v) is 4.21. The molecule has 2 aromatic rings. The number of amides is 2. The number of rotatable bonds is 6. The lowest BCUT2D eigenvalue weighted by Gasteiger charge is -2.10. The highest BCUT2D eigenvalue weighted by Gasteiger charge is 2.28. The number of para-hydroxylation sites is 2. The van der Waals surface area contributed by atoms with Crippen molar-refractivity contribution in [1.29, 1.82) is 0 Å². The molecule has 0 radical (unpaired) electrons. The number of hydrogen-bond acceptors (Lipinski definition) is 6. The number of guanidine groups is 1. The summed E-state index contributed by atoms with van der Waals surface area (Å²) in [5.41, 5.74) is 3.88. The summed E-state index contributed by atoms with van der Waals surface area (Å²) in [4.78, 5) is 28.4. The van der Waals surface area contributed by atoms with E-state index in [1.165, 1.54) is 13.3 Å².